The van der Waals surface area contributed by atoms with Gasteiger partial charge in [0, 0.05) is 12.1 Å². The molecule has 1 amide bonds. The zero-order valence-electron chi connectivity index (χ0n) is 16.0. The van der Waals surface area contributed by atoms with E-state index in [4.69, 9.17) is 4.74 Å². The zero-order valence-corrected chi connectivity index (χ0v) is 16.8. The molecule has 2 aromatic heterocycles. The third-order valence-corrected chi connectivity index (χ3v) is 5.51. The van der Waals surface area contributed by atoms with Crippen LogP contribution in [0, 0.1) is 6.92 Å². The number of carbonyl (C=O) groups is 1. The summed E-state index contributed by atoms with van der Waals surface area (Å²) in [5, 5.41) is 11.9. The van der Waals surface area contributed by atoms with Gasteiger partial charge < -0.3 is 10.1 Å². The minimum absolute atomic E-state index is 0.148. The molecule has 2 heterocycles. The fourth-order valence-electron chi connectivity index (χ4n) is 2.80. The zero-order chi connectivity index (χ0) is 20.2. The lowest BCUT2D eigenvalue weighted by Gasteiger charge is -2.03. The molecule has 0 bridgehead atoms. The van der Waals surface area contributed by atoms with Gasteiger partial charge in [0.2, 0.25) is 5.13 Å². The molecule has 8 heteroatoms. The van der Waals surface area contributed by atoms with Crippen LogP contribution in [0.15, 0.2) is 60.8 Å². The molecule has 0 fully saturated rings. The van der Waals surface area contributed by atoms with Gasteiger partial charge in [0.25, 0.3) is 5.91 Å². The molecule has 4 aromatic rings. The van der Waals surface area contributed by atoms with Crippen molar-refractivity contribution in [3.8, 4) is 22.1 Å². The van der Waals surface area contributed by atoms with Crippen molar-refractivity contribution in [3.05, 3.63) is 76.9 Å². The van der Waals surface area contributed by atoms with Crippen LogP contribution >= 0.6 is 11.3 Å². The van der Waals surface area contributed by atoms with Crippen LogP contribution in [-0.4, -0.2) is 33.0 Å². The normalized spacial score (nSPS) is 10.7. The summed E-state index contributed by atoms with van der Waals surface area (Å²) in [6.07, 6.45) is 1.80. The highest BCUT2D eigenvalue weighted by Crippen LogP contribution is 2.24. The summed E-state index contributed by atoms with van der Waals surface area (Å²) in [5.74, 6) is 0.633. The molecule has 7 nitrogen and oxygen atoms in total. The molecule has 0 spiro atoms. The van der Waals surface area contributed by atoms with Crippen LogP contribution in [0.4, 0.5) is 0 Å². The summed E-state index contributed by atoms with van der Waals surface area (Å²) >= 11 is 1.29. The second-order valence-corrected chi connectivity index (χ2v) is 7.33. The predicted molar refractivity (Wildman–Crippen MR) is 111 cm³/mol. The Balaban J connectivity index is 1.50. The predicted octanol–water partition coefficient (Wildman–Crippen LogP) is 3.64. The molecule has 1 N–H and O–H groups in total. The molecule has 0 radical (unpaired) electrons. The third kappa shape index (κ3) is 4.17. The summed E-state index contributed by atoms with van der Waals surface area (Å²) < 4.78 is 6.77. The van der Waals surface area contributed by atoms with Gasteiger partial charge in [0.05, 0.1) is 19.0 Å². The molecule has 0 aliphatic rings. The molecule has 0 saturated carbocycles. The van der Waals surface area contributed by atoms with Crippen LogP contribution in [0.5, 0.6) is 5.75 Å². The molecule has 0 aliphatic heterocycles. The Morgan fingerprint density at radius 2 is 1.90 bits per heavy atom. The average molecular weight is 405 g/mol. The Morgan fingerprint density at radius 1 is 1.14 bits per heavy atom. The number of rotatable bonds is 6. The van der Waals surface area contributed by atoms with Crippen molar-refractivity contribution in [2.24, 2.45) is 0 Å². The summed E-state index contributed by atoms with van der Waals surface area (Å²) in [7, 11) is 1.63. The first-order valence-electron chi connectivity index (χ1n) is 9.01. The highest BCUT2D eigenvalue weighted by Gasteiger charge is 2.17. The van der Waals surface area contributed by atoms with E-state index >= 15 is 0 Å². The number of aryl methyl sites for hydroxylation is 1. The number of methoxy groups -OCH3 is 1. The average Bonchev–Trinajstić information content (AvgIpc) is 3.40. The minimum atomic E-state index is -0.148. The summed E-state index contributed by atoms with van der Waals surface area (Å²) in [6.45, 7) is 2.29. The molecule has 4 rings (SSSR count). The SMILES string of the molecule is COc1ccc(-c2cn(-c3nc(C)c(C(=O)NCc4ccccc4)s3)nn2)cc1. The second kappa shape index (κ2) is 8.24. The van der Waals surface area contributed by atoms with Gasteiger partial charge in [-0.05, 0) is 36.8 Å². The maximum Gasteiger partial charge on any atom is 0.263 e. The number of hydrogen-bond donors (Lipinski definition) is 1. The molecular weight excluding hydrogens is 386 g/mol. The van der Waals surface area contributed by atoms with Crippen molar-refractivity contribution in [2.75, 3.05) is 7.11 Å². The summed E-state index contributed by atoms with van der Waals surface area (Å²) in [4.78, 5) is 17.6. The van der Waals surface area contributed by atoms with Gasteiger partial charge in [-0.25, -0.2) is 4.98 Å². The molecule has 29 heavy (non-hydrogen) atoms. The van der Waals surface area contributed by atoms with E-state index in [1.807, 2.05) is 61.5 Å². The number of amides is 1. The smallest absolute Gasteiger partial charge is 0.263 e. The number of hydrogen-bond acceptors (Lipinski definition) is 6. The lowest BCUT2D eigenvalue weighted by Crippen LogP contribution is -2.22. The van der Waals surface area contributed by atoms with Crippen molar-refractivity contribution in [1.29, 1.82) is 0 Å². The Bertz CT molecular complexity index is 1120. The van der Waals surface area contributed by atoms with Gasteiger partial charge in [0.1, 0.15) is 16.3 Å². The molecule has 0 atom stereocenters. The second-order valence-electron chi connectivity index (χ2n) is 6.36. The minimum Gasteiger partial charge on any atom is -0.497 e. The maximum atomic E-state index is 12.6. The van der Waals surface area contributed by atoms with Crippen LogP contribution in [0.25, 0.3) is 16.4 Å². The van der Waals surface area contributed by atoms with E-state index in [0.29, 0.717) is 22.2 Å². The molecule has 146 valence electrons. The highest BCUT2D eigenvalue weighted by molar-refractivity contribution is 7.16. The fraction of sp³-hybridized carbons (Fsp3) is 0.143. The fourth-order valence-corrected chi connectivity index (χ4v) is 3.71. The van der Waals surface area contributed by atoms with E-state index in [1.165, 1.54) is 11.3 Å². The largest absolute Gasteiger partial charge is 0.497 e. The Morgan fingerprint density at radius 3 is 2.62 bits per heavy atom. The molecule has 0 saturated heterocycles. The van der Waals surface area contributed by atoms with Crippen molar-refractivity contribution >= 4 is 17.2 Å². The molecular formula is C21H19N5O2S. The van der Waals surface area contributed by atoms with Crippen LogP contribution in [0.1, 0.15) is 20.9 Å². The van der Waals surface area contributed by atoms with Crippen molar-refractivity contribution in [3.63, 3.8) is 0 Å². The van der Waals surface area contributed by atoms with E-state index in [0.717, 1.165) is 22.6 Å². The van der Waals surface area contributed by atoms with Crippen molar-refractivity contribution in [2.45, 2.75) is 13.5 Å². The van der Waals surface area contributed by atoms with Gasteiger partial charge in [0.15, 0.2) is 0 Å². The van der Waals surface area contributed by atoms with E-state index in [1.54, 1.807) is 18.0 Å². The van der Waals surface area contributed by atoms with E-state index in [-0.39, 0.29) is 5.91 Å². The van der Waals surface area contributed by atoms with E-state index in [2.05, 4.69) is 20.6 Å². The monoisotopic (exact) mass is 405 g/mol. The lowest BCUT2D eigenvalue weighted by molar-refractivity contribution is 0.0954. The molecule has 0 unspecified atom stereocenters. The van der Waals surface area contributed by atoms with Gasteiger partial charge in [-0.1, -0.05) is 46.9 Å². The standard InChI is InChI=1S/C21H19N5O2S/c1-14-19(20(27)22-12-15-6-4-3-5-7-15)29-21(23-14)26-13-18(24-25-26)16-8-10-17(28-2)11-9-16/h3-11,13H,12H2,1-2H3,(H,22,27). The quantitative estimate of drug-likeness (QED) is 0.530. The van der Waals surface area contributed by atoms with Gasteiger partial charge in [-0.2, -0.15) is 4.68 Å². The number of carbonyl (C=O) groups excluding carboxylic acids is 1. The van der Waals surface area contributed by atoms with Gasteiger partial charge in [-0.3, -0.25) is 4.79 Å². The first-order chi connectivity index (χ1) is 14.1. The number of benzene rings is 2. The van der Waals surface area contributed by atoms with Crippen LogP contribution in [0.2, 0.25) is 0 Å². The number of nitrogens with zero attached hydrogens (tertiary/aromatic N) is 4. The molecule has 0 aliphatic carbocycles. The summed E-state index contributed by atoms with van der Waals surface area (Å²) in [6, 6.07) is 17.4. The third-order valence-electron chi connectivity index (χ3n) is 4.36. The summed E-state index contributed by atoms with van der Waals surface area (Å²) in [5.41, 5.74) is 3.35. The Hall–Kier alpha value is -3.52. The number of nitrogens with one attached hydrogen (secondary N) is 1. The van der Waals surface area contributed by atoms with E-state index in [9.17, 15) is 4.79 Å². The number of ether oxygens (including phenoxy) is 1. The van der Waals surface area contributed by atoms with Crippen LogP contribution in [0.3, 0.4) is 0 Å². The number of thiazole rings is 1. The van der Waals surface area contributed by atoms with Gasteiger partial charge >= 0.3 is 0 Å². The molecule has 2 aromatic carbocycles. The first-order valence-corrected chi connectivity index (χ1v) is 9.82. The lowest BCUT2D eigenvalue weighted by atomic mass is 10.2. The number of aromatic nitrogens is 4. The Labute approximate surface area is 172 Å². The van der Waals surface area contributed by atoms with Crippen LogP contribution in [-0.2, 0) is 6.54 Å². The Kier molecular flexibility index (Phi) is 5.35. The topological polar surface area (TPSA) is 81.9 Å². The highest BCUT2D eigenvalue weighted by atomic mass is 32.1. The van der Waals surface area contributed by atoms with Crippen molar-refractivity contribution in [1.82, 2.24) is 25.3 Å². The van der Waals surface area contributed by atoms with Gasteiger partial charge in [-0.15, -0.1) is 5.10 Å². The maximum absolute atomic E-state index is 12.6. The van der Waals surface area contributed by atoms with Crippen LogP contribution < -0.4 is 10.1 Å². The van der Waals surface area contributed by atoms with E-state index < -0.39 is 0 Å². The first kappa shape index (κ1) is 18.8. The van der Waals surface area contributed by atoms with Crippen molar-refractivity contribution < 1.29 is 9.53 Å².